The second kappa shape index (κ2) is 12.9. The number of guanidine groups is 1. The van der Waals surface area contributed by atoms with E-state index >= 15 is 0 Å². The summed E-state index contributed by atoms with van der Waals surface area (Å²) in [7, 11) is 0. The van der Waals surface area contributed by atoms with Crippen LogP contribution < -0.4 is 10.6 Å². The largest absolute Gasteiger partial charge is 0.469 e. The summed E-state index contributed by atoms with van der Waals surface area (Å²) in [5, 5.41) is 6.85. The van der Waals surface area contributed by atoms with Gasteiger partial charge in [0.15, 0.2) is 5.96 Å². The van der Waals surface area contributed by atoms with Crippen LogP contribution in [-0.2, 0) is 6.42 Å². The quantitative estimate of drug-likeness (QED) is 0.254. The minimum absolute atomic E-state index is 0. The molecule has 5 nitrogen and oxygen atoms in total. The number of thioether (sulfide) groups is 1. The molecule has 2 rings (SSSR count). The van der Waals surface area contributed by atoms with Gasteiger partial charge < -0.3 is 15.1 Å². The summed E-state index contributed by atoms with van der Waals surface area (Å²) in [6, 6.07) is 4.54. The fourth-order valence-corrected chi connectivity index (χ4v) is 3.23. The molecule has 1 aliphatic heterocycles. The Morgan fingerprint density at radius 2 is 2.25 bits per heavy atom. The molecule has 1 atom stereocenters. The van der Waals surface area contributed by atoms with E-state index in [1.165, 1.54) is 19.4 Å². The van der Waals surface area contributed by atoms with Gasteiger partial charge in [-0.05, 0) is 44.3 Å². The first-order chi connectivity index (χ1) is 11.3. The molecule has 0 spiro atoms. The summed E-state index contributed by atoms with van der Waals surface area (Å²) in [5.74, 6) is 3.02. The average molecular weight is 466 g/mol. The van der Waals surface area contributed by atoms with E-state index in [0.717, 1.165) is 50.1 Å². The number of hydrogen-bond acceptors (Lipinski definition) is 4. The molecular formula is C17H31IN4OS. The Morgan fingerprint density at radius 1 is 1.42 bits per heavy atom. The number of furan rings is 1. The zero-order chi connectivity index (χ0) is 16.3. The zero-order valence-corrected chi connectivity index (χ0v) is 17.9. The number of nitrogens with zero attached hydrogens (tertiary/aromatic N) is 2. The van der Waals surface area contributed by atoms with Gasteiger partial charge in [0.2, 0.25) is 0 Å². The van der Waals surface area contributed by atoms with Crippen molar-refractivity contribution in [1.29, 1.82) is 0 Å². The van der Waals surface area contributed by atoms with Crippen molar-refractivity contribution in [1.82, 2.24) is 15.5 Å². The van der Waals surface area contributed by atoms with Crippen LogP contribution in [0, 0.1) is 0 Å². The SMILES string of the molecule is CCN1CCCC1CN=C(NCCSC)NCCc1ccco1.I. The van der Waals surface area contributed by atoms with E-state index in [-0.39, 0.29) is 24.0 Å². The lowest BCUT2D eigenvalue weighted by Crippen LogP contribution is -2.41. The predicted molar refractivity (Wildman–Crippen MR) is 115 cm³/mol. The van der Waals surface area contributed by atoms with Crippen LogP contribution in [0.2, 0.25) is 0 Å². The first kappa shape index (κ1) is 21.6. The van der Waals surface area contributed by atoms with Gasteiger partial charge in [-0.3, -0.25) is 9.89 Å². The standard InChI is InChI=1S/C17H30N4OS.HI/c1-3-21-11-4-6-15(21)14-20-17(19-10-13-23-2)18-9-8-16-7-5-12-22-16;/h5,7,12,15H,3-4,6,8-11,13-14H2,1-2H3,(H2,18,19,20);1H. The van der Waals surface area contributed by atoms with Gasteiger partial charge >= 0.3 is 0 Å². The molecule has 0 amide bonds. The summed E-state index contributed by atoms with van der Waals surface area (Å²) in [6.45, 7) is 7.24. The molecular weight excluding hydrogens is 435 g/mol. The minimum atomic E-state index is 0. The summed E-state index contributed by atoms with van der Waals surface area (Å²) >= 11 is 1.84. The van der Waals surface area contributed by atoms with Crippen molar-refractivity contribution in [2.75, 3.05) is 44.7 Å². The first-order valence-corrected chi connectivity index (χ1v) is 10.0. The van der Waals surface area contributed by atoms with Crippen molar-refractivity contribution in [3.63, 3.8) is 0 Å². The van der Waals surface area contributed by atoms with Crippen LogP contribution in [0.3, 0.4) is 0 Å². The van der Waals surface area contributed by atoms with Gasteiger partial charge in [-0.2, -0.15) is 11.8 Å². The molecule has 24 heavy (non-hydrogen) atoms. The summed E-state index contributed by atoms with van der Waals surface area (Å²) in [4.78, 5) is 7.34. The Kier molecular flexibility index (Phi) is 11.6. The topological polar surface area (TPSA) is 52.8 Å². The maximum Gasteiger partial charge on any atom is 0.191 e. The molecule has 0 bridgehead atoms. The highest BCUT2D eigenvalue weighted by Gasteiger charge is 2.22. The van der Waals surface area contributed by atoms with Crippen molar-refractivity contribution in [3.8, 4) is 0 Å². The number of hydrogen-bond donors (Lipinski definition) is 2. The number of halogens is 1. The van der Waals surface area contributed by atoms with Gasteiger partial charge in [0, 0.05) is 31.3 Å². The molecule has 0 aliphatic carbocycles. The Bertz CT molecular complexity index is 455. The molecule has 0 aromatic carbocycles. The first-order valence-electron chi connectivity index (χ1n) is 8.61. The second-order valence-electron chi connectivity index (χ2n) is 5.79. The third kappa shape index (κ3) is 7.65. The van der Waals surface area contributed by atoms with Crippen LogP contribution in [0.5, 0.6) is 0 Å². The summed E-state index contributed by atoms with van der Waals surface area (Å²) in [5.41, 5.74) is 0. The van der Waals surface area contributed by atoms with Crippen molar-refractivity contribution >= 4 is 41.7 Å². The second-order valence-corrected chi connectivity index (χ2v) is 6.78. The molecule has 1 aliphatic rings. The molecule has 0 saturated carbocycles. The molecule has 1 saturated heterocycles. The minimum Gasteiger partial charge on any atom is -0.469 e. The number of aliphatic imine (C=N–C) groups is 1. The molecule has 1 fully saturated rings. The Hall–Kier alpha value is -0.410. The molecule has 0 radical (unpaired) electrons. The van der Waals surface area contributed by atoms with Crippen LogP contribution in [0.4, 0.5) is 0 Å². The third-order valence-electron chi connectivity index (χ3n) is 4.21. The van der Waals surface area contributed by atoms with Crippen LogP contribution in [0.25, 0.3) is 0 Å². The Labute approximate surface area is 167 Å². The van der Waals surface area contributed by atoms with E-state index < -0.39 is 0 Å². The molecule has 1 unspecified atom stereocenters. The normalized spacial score (nSPS) is 18.4. The smallest absolute Gasteiger partial charge is 0.191 e. The molecule has 2 heterocycles. The highest BCUT2D eigenvalue weighted by Crippen LogP contribution is 2.16. The molecule has 7 heteroatoms. The van der Waals surface area contributed by atoms with Gasteiger partial charge in [-0.15, -0.1) is 24.0 Å². The number of nitrogens with one attached hydrogen (secondary N) is 2. The van der Waals surface area contributed by atoms with E-state index in [1.807, 2.05) is 23.9 Å². The lowest BCUT2D eigenvalue weighted by Gasteiger charge is -2.21. The lowest BCUT2D eigenvalue weighted by atomic mass is 10.2. The lowest BCUT2D eigenvalue weighted by molar-refractivity contribution is 0.273. The van der Waals surface area contributed by atoms with Gasteiger partial charge in [0.1, 0.15) is 5.76 Å². The van der Waals surface area contributed by atoms with Gasteiger partial charge in [-0.1, -0.05) is 6.92 Å². The fourth-order valence-electron chi connectivity index (χ4n) is 2.92. The van der Waals surface area contributed by atoms with E-state index in [2.05, 4.69) is 28.7 Å². The Morgan fingerprint density at radius 3 is 2.96 bits per heavy atom. The highest BCUT2D eigenvalue weighted by molar-refractivity contribution is 14.0. The van der Waals surface area contributed by atoms with Crippen LogP contribution >= 0.6 is 35.7 Å². The van der Waals surface area contributed by atoms with Gasteiger partial charge in [0.05, 0.1) is 12.8 Å². The average Bonchev–Trinajstić information content (AvgIpc) is 3.23. The molecule has 2 N–H and O–H groups in total. The number of likely N-dealkylation sites (tertiary alicyclic amines) is 1. The van der Waals surface area contributed by atoms with Crippen molar-refractivity contribution < 1.29 is 4.42 Å². The van der Waals surface area contributed by atoms with Gasteiger partial charge in [-0.25, -0.2) is 0 Å². The van der Waals surface area contributed by atoms with Crippen molar-refractivity contribution in [2.45, 2.75) is 32.2 Å². The number of likely N-dealkylation sites (N-methyl/N-ethyl adjacent to an activating group) is 1. The van der Waals surface area contributed by atoms with E-state index in [9.17, 15) is 0 Å². The highest BCUT2D eigenvalue weighted by atomic mass is 127. The van der Waals surface area contributed by atoms with Gasteiger partial charge in [0.25, 0.3) is 0 Å². The molecule has 1 aromatic heterocycles. The fraction of sp³-hybridized carbons (Fsp3) is 0.706. The zero-order valence-electron chi connectivity index (χ0n) is 14.8. The molecule has 138 valence electrons. The maximum atomic E-state index is 5.37. The van der Waals surface area contributed by atoms with E-state index in [0.29, 0.717) is 6.04 Å². The summed E-state index contributed by atoms with van der Waals surface area (Å²) in [6.07, 6.45) is 7.29. The maximum absolute atomic E-state index is 5.37. The van der Waals surface area contributed by atoms with E-state index in [1.54, 1.807) is 6.26 Å². The van der Waals surface area contributed by atoms with Crippen LogP contribution in [-0.4, -0.2) is 61.6 Å². The monoisotopic (exact) mass is 466 g/mol. The predicted octanol–water partition coefficient (Wildman–Crippen LogP) is 2.82. The van der Waals surface area contributed by atoms with Crippen molar-refractivity contribution in [3.05, 3.63) is 24.2 Å². The third-order valence-corrected chi connectivity index (χ3v) is 4.82. The number of rotatable bonds is 9. The van der Waals surface area contributed by atoms with Crippen molar-refractivity contribution in [2.24, 2.45) is 4.99 Å². The van der Waals surface area contributed by atoms with Crippen LogP contribution in [0.1, 0.15) is 25.5 Å². The molecule has 1 aromatic rings. The van der Waals surface area contributed by atoms with E-state index in [4.69, 9.17) is 9.41 Å². The van der Waals surface area contributed by atoms with Crippen LogP contribution in [0.15, 0.2) is 27.8 Å². The Balaban J connectivity index is 0.00000288. The summed E-state index contributed by atoms with van der Waals surface area (Å²) < 4.78 is 5.37.